The maximum Gasteiger partial charge on any atom is 0.302 e. The SMILES string of the molecule is CC(=O)OCC(C)(C)[PH](=O)C(C)OCC(C)C. The van der Waals surface area contributed by atoms with Crippen LogP contribution in [0.5, 0.6) is 0 Å². The zero-order valence-electron chi connectivity index (χ0n) is 11.7. The molecular formula is C12H25O4P. The highest BCUT2D eigenvalue weighted by molar-refractivity contribution is 7.47. The molecule has 0 heterocycles. The Morgan fingerprint density at radius 1 is 1.29 bits per heavy atom. The van der Waals surface area contributed by atoms with E-state index in [0.717, 1.165) is 0 Å². The molecule has 0 aliphatic rings. The van der Waals surface area contributed by atoms with Gasteiger partial charge in [0.15, 0.2) is 0 Å². The number of rotatable bonds is 7. The van der Waals surface area contributed by atoms with E-state index < -0.39 is 13.0 Å². The lowest BCUT2D eigenvalue weighted by Gasteiger charge is -2.27. The minimum absolute atomic E-state index is 0.176. The quantitative estimate of drug-likeness (QED) is 0.524. The summed E-state index contributed by atoms with van der Waals surface area (Å²) in [6.07, 6.45) is 0. The van der Waals surface area contributed by atoms with Crippen molar-refractivity contribution in [2.24, 2.45) is 5.92 Å². The Hall–Kier alpha value is -0.340. The lowest BCUT2D eigenvalue weighted by molar-refractivity contribution is -0.141. The number of ether oxygens (including phenoxy) is 2. The summed E-state index contributed by atoms with van der Waals surface area (Å²) in [5.74, 6) is -0.208. The lowest BCUT2D eigenvalue weighted by Crippen LogP contribution is -2.28. The van der Waals surface area contributed by atoms with Gasteiger partial charge in [-0.15, -0.1) is 0 Å². The first-order valence-electron chi connectivity index (χ1n) is 5.96. The Labute approximate surface area is 105 Å². The molecule has 0 aromatic carbocycles. The summed E-state index contributed by atoms with van der Waals surface area (Å²) in [5, 5.41) is -0.521. The normalized spacial score (nSPS) is 15.7. The number of esters is 1. The van der Waals surface area contributed by atoms with Crippen molar-refractivity contribution in [2.75, 3.05) is 13.2 Å². The van der Waals surface area contributed by atoms with E-state index in [1.165, 1.54) is 6.92 Å². The summed E-state index contributed by atoms with van der Waals surface area (Å²) in [6.45, 7) is 11.7. The van der Waals surface area contributed by atoms with Gasteiger partial charge >= 0.3 is 5.97 Å². The zero-order chi connectivity index (χ0) is 13.6. The Balaban J connectivity index is 4.29. The monoisotopic (exact) mass is 264 g/mol. The second-order valence-corrected chi connectivity index (χ2v) is 8.29. The molecule has 0 radical (unpaired) electrons. The van der Waals surface area contributed by atoms with Gasteiger partial charge in [-0.2, -0.15) is 0 Å². The van der Waals surface area contributed by atoms with Crippen LogP contribution in [0, 0.1) is 5.92 Å². The summed E-state index contributed by atoms with van der Waals surface area (Å²) in [6, 6.07) is 0. The highest BCUT2D eigenvalue weighted by Gasteiger charge is 2.31. The fourth-order valence-corrected chi connectivity index (χ4v) is 2.88. The van der Waals surface area contributed by atoms with Crippen molar-refractivity contribution < 1.29 is 18.8 Å². The second-order valence-electron chi connectivity index (χ2n) is 5.40. The van der Waals surface area contributed by atoms with E-state index in [2.05, 4.69) is 0 Å². The molecule has 4 nitrogen and oxygen atoms in total. The van der Waals surface area contributed by atoms with Gasteiger partial charge in [0, 0.05) is 13.5 Å². The van der Waals surface area contributed by atoms with Gasteiger partial charge in [-0.05, 0) is 26.7 Å². The molecule has 0 amide bonds. The standard InChI is InChI=1S/C12H25O4P/c1-9(2)7-15-11(4)17(14)12(5,6)8-16-10(3)13/h9,11,17H,7-8H2,1-6H3. The van der Waals surface area contributed by atoms with E-state index in [1.54, 1.807) is 0 Å². The van der Waals surface area contributed by atoms with E-state index >= 15 is 0 Å². The molecule has 2 unspecified atom stereocenters. The molecular weight excluding hydrogens is 239 g/mol. The summed E-state index contributed by atoms with van der Waals surface area (Å²) >= 11 is 0. The first kappa shape index (κ1) is 16.7. The fourth-order valence-electron chi connectivity index (χ4n) is 1.32. The third kappa shape index (κ3) is 6.85. The van der Waals surface area contributed by atoms with Crippen LogP contribution in [-0.4, -0.2) is 30.2 Å². The second kappa shape index (κ2) is 7.17. The van der Waals surface area contributed by atoms with Crippen LogP contribution in [0.15, 0.2) is 0 Å². The number of hydrogen-bond acceptors (Lipinski definition) is 4. The van der Waals surface area contributed by atoms with Gasteiger partial charge in [-0.3, -0.25) is 4.79 Å². The maximum absolute atomic E-state index is 12.3. The molecule has 0 aliphatic carbocycles. The molecule has 0 aromatic rings. The molecule has 0 rings (SSSR count). The van der Waals surface area contributed by atoms with Gasteiger partial charge in [-0.1, -0.05) is 13.8 Å². The predicted molar refractivity (Wildman–Crippen MR) is 70.0 cm³/mol. The fraction of sp³-hybridized carbons (Fsp3) is 0.917. The molecule has 0 saturated heterocycles. The van der Waals surface area contributed by atoms with Crippen molar-refractivity contribution in [2.45, 2.75) is 52.5 Å². The van der Waals surface area contributed by atoms with Crippen LogP contribution in [0.25, 0.3) is 0 Å². The van der Waals surface area contributed by atoms with E-state index in [9.17, 15) is 9.36 Å². The molecule has 2 atom stereocenters. The van der Waals surface area contributed by atoms with E-state index in [0.29, 0.717) is 12.5 Å². The van der Waals surface area contributed by atoms with E-state index in [4.69, 9.17) is 9.47 Å². The van der Waals surface area contributed by atoms with Crippen molar-refractivity contribution in [1.82, 2.24) is 0 Å². The van der Waals surface area contributed by atoms with Crippen LogP contribution in [0.3, 0.4) is 0 Å². The van der Waals surface area contributed by atoms with Crippen LogP contribution in [0.1, 0.15) is 41.5 Å². The summed E-state index contributed by atoms with van der Waals surface area (Å²) in [5.41, 5.74) is 0. The zero-order valence-corrected chi connectivity index (χ0v) is 12.7. The average molecular weight is 264 g/mol. The van der Waals surface area contributed by atoms with Crippen molar-refractivity contribution in [1.29, 1.82) is 0 Å². The molecule has 0 aromatic heterocycles. The van der Waals surface area contributed by atoms with Crippen molar-refractivity contribution in [3.05, 3.63) is 0 Å². The third-order valence-corrected chi connectivity index (χ3v) is 4.74. The van der Waals surface area contributed by atoms with Gasteiger partial charge in [0.2, 0.25) is 0 Å². The molecule has 17 heavy (non-hydrogen) atoms. The number of carbonyl (C=O) groups excluding carboxylic acids is 1. The smallest absolute Gasteiger partial charge is 0.302 e. The first-order chi connectivity index (χ1) is 7.66. The Morgan fingerprint density at radius 3 is 2.24 bits per heavy atom. The topological polar surface area (TPSA) is 52.6 Å². The van der Waals surface area contributed by atoms with E-state index in [-0.39, 0.29) is 18.4 Å². The van der Waals surface area contributed by atoms with Crippen molar-refractivity contribution in [3.63, 3.8) is 0 Å². The maximum atomic E-state index is 12.3. The Bertz CT molecular complexity index is 274. The minimum Gasteiger partial charge on any atom is -0.465 e. The average Bonchev–Trinajstić information content (AvgIpc) is 2.22. The summed E-state index contributed by atoms with van der Waals surface area (Å²) < 4.78 is 22.7. The summed E-state index contributed by atoms with van der Waals surface area (Å²) in [7, 11) is -1.98. The number of hydrogen-bond donors (Lipinski definition) is 0. The largest absolute Gasteiger partial charge is 0.465 e. The molecule has 0 spiro atoms. The van der Waals surface area contributed by atoms with Gasteiger partial charge in [0.05, 0.1) is 5.16 Å². The minimum atomic E-state index is -1.98. The van der Waals surface area contributed by atoms with Crippen LogP contribution in [-0.2, 0) is 18.8 Å². The molecule has 102 valence electrons. The van der Waals surface area contributed by atoms with Gasteiger partial charge in [0.25, 0.3) is 0 Å². The van der Waals surface area contributed by atoms with Crippen LogP contribution < -0.4 is 0 Å². The van der Waals surface area contributed by atoms with Gasteiger partial charge in [-0.25, -0.2) is 0 Å². The molecule has 0 saturated carbocycles. The van der Waals surface area contributed by atoms with E-state index in [1.807, 2.05) is 34.6 Å². The van der Waals surface area contributed by atoms with Gasteiger partial charge in [0.1, 0.15) is 20.3 Å². The molecule has 0 fully saturated rings. The molecule has 0 aliphatic heterocycles. The lowest BCUT2D eigenvalue weighted by atomic mass is 10.2. The third-order valence-electron chi connectivity index (χ3n) is 2.35. The predicted octanol–water partition coefficient (Wildman–Crippen LogP) is 2.91. The van der Waals surface area contributed by atoms with Crippen LogP contribution in [0.4, 0.5) is 0 Å². The van der Waals surface area contributed by atoms with Crippen molar-refractivity contribution >= 4 is 13.8 Å². The Morgan fingerprint density at radius 2 is 1.82 bits per heavy atom. The molecule has 5 heteroatoms. The molecule has 0 bridgehead atoms. The molecule has 0 N–H and O–H groups in total. The first-order valence-corrected chi connectivity index (χ1v) is 7.44. The van der Waals surface area contributed by atoms with Crippen LogP contribution >= 0.6 is 7.80 Å². The van der Waals surface area contributed by atoms with Crippen LogP contribution in [0.2, 0.25) is 0 Å². The summed E-state index contributed by atoms with van der Waals surface area (Å²) in [4.78, 5) is 10.8. The highest BCUT2D eigenvalue weighted by atomic mass is 31.1. The van der Waals surface area contributed by atoms with Gasteiger partial charge < -0.3 is 14.0 Å². The highest BCUT2D eigenvalue weighted by Crippen LogP contribution is 2.43. The van der Waals surface area contributed by atoms with Crippen molar-refractivity contribution in [3.8, 4) is 0 Å². The Kier molecular flexibility index (Phi) is 7.03. The number of carbonyl (C=O) groups is 1.